The molecule has 0 saturated carbocycles. The molecule has 1 heterocycles. The third kappa shape index (κ3) is 4.53. The van der Waals surface area contributed by atoms with Crippen molar-refractivity contribution in [3.8, 4) is 11.5 Å². The molecule has 0 aliphatic carbocycles. The summed E-state index contributed by atoms with van der Waals surface area (Å²) in [5.74, 6) is 0.874. The molecule has 0 saturated heterocycles. The van der Waals surface area contributed by atoms with E-state index < -0.39 is 0 Å². The molecule has 2 aromatic carbocycles. The number of ether oxygens (including phenoxy) is 2. The van der Waals surface area contributed by atoms with E-state index in [1.807, 2.05) is 12.1 Å². The van der Waals surface area contributed by atoms with E-state index in [1.54, 1.807) is 48.3 Å². The van der Waals surface area contributed by atoms with Gasteiger partial charge in [0.05, 0.1) is 26.3 Å². The zero-order valence-corrected chi connectivity index (χ0v) is 16.2. The molecule has 0 aliphatic heterocycles. The second-order valence-corrected chi connectivity index (χ2v) is 6.51. The van der Waals surface area contributed by atoms with Crippen molar-refractivity contribution in [3.63, 3.8) is 0 Å². The zero-order valence-electron chi connectivity index (χ0n) is 14.7. The number of benzene rings is 2. The number of hydrogen-bond acceptors (Lipinski definition) is 4. The van der Waals surface area contributed by atoms with Gasteiger partial charge < -0.3 is 14.8 Å². The molecule has 0 fully saturated rings. The van der Waals surface area contributed by atoms with Crippen molar-refractivity contribution in [2.24, 2.45) is 0 Å². The van der Waals surface area contributed by atoms with Crippen molar-refractivity contribution >= 4 is 34.9 Å². The number of carbonyl (C=O) groups excluding carboxylic acids is 1. The fourth-order valence-corrected chi connectivity index (χ4v) is 2.82. The minimum absolute atomic E-state index is 0.272. The lowest BCUT2D eigenvalue weighted by Crippen LogP contribution is -2.14. The Morgan fingerprint density at radius 2 is 1.85 bits per heavy atom. The van der Waals surface area contributed by atoms with E-state index in [4.69, 9.17) is 32.7 Å². The quantitative estimate of drug-likeness (QED) is 0.655. The average Bonchev–Trinajstić information content (AvgIpc) is 3.01. The van der Waals surface area contributed by atoms with Gasteiger partial charge in [-0.1, -0.05) is 35.3 Å². The number of anilines is 1. The summed E-state index contributed by atoms with van der Waals surface area (Å²) in [5.41, 5.74) is 1.36. The van der Waals surface area contributed by atoms with E-state index in [-0.39, 0.29) is 11.7 Å². The SMILES string of the molecule is COc1ccc(C(=O)Nc2nn(Cc3ccc(Cl)cc3)cc2Cl)c(OC)c1. The van der Waals surface area contributed by atoms with Crippen molar-refractivity contribution in [2.75, 3.05) is 19.5 Å². The second kappa shape index (κ2) is 8.33. The lowest BCUT2D eigenvalue weighted by atomic mass is 10.1. The van der Waals surface area contributed by atoms with Gasteiger partial charge in [-0.3, -0.25) is 9.48 Å². The number of methoxy groups -OCH3 is 2. The summed E-state index contributed by atoms with van der Waals surface area (Å²) in [4.78, 5) is 12.6. The van der Waals surface area contributed by atoms with Gasteiger partial charge in [-0.05, 0) is 29.8 Å². The summed E-state index contributed by atoms with van der Waals surface area (Å²) in [5, 5.41) is 8.05. The van der Waals surface area contributed by atoms with E-state index in [1.165, 1.54) is 7.11 Å². The standard InChI is InChI=1S/C19H17Cl2N3O3/c1-26-14-7-8-15(17(9-14)27-2)19(25)22-18-16(21)11-24(23-18)10-12-3-5-13(20)6-4-12/h3-9,11H,10H2,1-2H3,(H,22,23,25). The van der Waals surface area contributed by atoms with Crippen LogP contribution in [0.5, 0.6) is 11.5 Å². The van der Waals surface area contributed by atoms with Gasteiger partial charge in [-0.2, -0.15) is 5.10 Å². The van der Waals surface area contributed by atoms with Crippen LogP contribution in [0.25, 0.3) is 0 Å². The van der Waals surface area contributed by atoms with Crippen LogP contribution >= 0.6 is 23.2 Å². The van der Waals surface area contributed by atoms with E-state index >= 15 is 0 Å². The highest BCUT2D eigenvalue weighted by atomic mass is 35.5. The minimum atomic E-state index is -0.381. The maximum Gasteiger partial charge on any atom is 0.260 e. The van der Waals surface area contributed by atoms with Gasteiger partial charge in [-0.25, -0.2) is 0 Å². The highest BCUT2D eigenvalue weighted by molar-refractivity contribution is 6.33. The molecule has 6 nitrogen and oxygen atoms in total. The third-order valence-corrected chi connectivity index (χ3v) is 4.39. The van der Waals surface area contributed by atoms with E-state index in [0.29, 0.717) is 33.7 Å². The van der Waals surface area contributed by atoms with Gasteiger partial charge in [-0.15, -0.1) is 0 Å². The number of rotatable bonds is 6. The summed E-state index contributed by atoms with van der Waals surface area (Å²) in [6.07, 6.45) is 1.65. The van der Waals surface area contributed by atoms with Crippen LogP contribution in [0, 0.1) is 0 Å². The highest BCUT2D eigenvalue weighted by Gasteiger charge is 2.17. The van der Waals surface area contributed by atoms with E-state index in [0.717, 1.165) is 5.56 Å². The van der Waals surface area contributed by atoms with Crippen molar-refractivity contribution in [3.05, 3.63) is 69.8 Å². The van der Waals surface area contributed by atoms with E-state index in [9.17, 15) is 4.79 Å². The summed E-state index contributed by atoms with van der Waals surface area (Å²) >= 11 is 12.1. The average molecular weight is 406 g/mol. The molecule has 0 bridgehead atoms. The first kappa shape index (κ1) is 19.1. The van der Waals surface area contributed by atoms with Crippen LogP contribution in [0.2, 0.25) is 10.0 Å². The number of amides is 1. The van der Waals surface area contributed by atoms with Gasteiger partial charge in [0.25, 0.3) is 5.91 Å². The number of halogens is 2. The molecule has 0 aliphatic rings. The first-order chi connectivity index (χ1) is 13.0. The number of nitrogens with one attached hydrogen (secondary N) is 1. The number of carbonyl (C=O) groups is 1. The smallest absolute Gasteiger partial charge is 0.260 e. The predicted octanol–water partition coefficient (Wildman–Crippen LogP) is 4.51. The minimum Gasteiger partial charge on any atom is -0.497 e. The highest BCUT2D eigenvalue weighted by Crippen LogP contribution is 2.27. The van der Waals surface area contributed by atoms with Gasteiger partial charge in [0, 0.05) is 17.3 Å². The molecule has 3 rings (SSSR count). The lowest BCUT2D eigenvalue weighted by molar-refractivity contribution is 0.102. The first-order valence-electron chi connectivity index (χ1n) is 8.01. The molecule has 1 amide bonds. The Bertz CT molecular complexity index is 955. The van der Waals surface area contributed by atoms with E-state index in [2.05, 4.69) is 10.4 Å². The molecule has 0 unspecified atom stereocenters. The monoisotopic (exact) mass is 405 g/mol. The van der Waals surface area contributed by atoms with Crippen LogP contribution in [0.3, 0.4) is 0 Å². The maximum absolute atomic E-state index is 12.6. The normalized spacial score (nSPS) is 10.5. The summed E-state index contributed by atoms with van der Waals surface area (Å²) in [6, 6.07) is 12.3. The fourth-order valence-electron chi connectivity index (χ4n) is 2.50. The van der Waals surface area contributed by atoms with Gasteiger partial charge >= 0.3 is 0 Å². The Balaban J connectivity index is 1.77. The number of nitrogens with zero attached hydrogens (tertiary/aromatic N) is 2. The molecule has 27 heavy (non-hydrogen) atoms. The van der Waals surface area contributed by atoms with Crippen LogP contribution in [-0.2, 0) is 6.54 Å². The number of aromatic nitrogens is 2. The Kier molecular flexibility index (Phi) is 5.88. The first-order valence-corrected chi connectivity index (χ1v) is 8.76. The molecule has 8 heteroatoms. The maximum atomic E-state index is 12.6. The topological polar surface area (TPSA) is 65.4 Å². The molecule has 0 radical (unpaired) electrons. The lowest BCUT2D eigenvalue weighted by Gasteiger charge is -2.10. The molecular formula is C19H17Cl2N3O3. The predicted molar refractivity (Wildman–Crippen MR) is 105 cm³/mol. The molecule has 140 valence electrons. The molecule has 3 aromatic rings. The van der Waals surface area contributed by atoms with Crippen LogP contribution in [0.1, 0.15) is 15.9 Å². The van der Waals surface area contributed by atoms with Crippen molar-refractivity contribution in [1.29, 1.82) is 0 Å². The third-order valence-electron chi connectivity index (χ3n) is 3.86. The molecule has 1 N–H and O–H groups in total. The Hall–Kier alpha value is -2.70. The van der Waals surface area contributed by atoms with Crippen molar-refractivity contribution in [2.45, 2.75) is 6.54 Å². The summed E-state index contributed by atoms with van der Waals surface area (Å²) < 4.78 is 12.0. The Morgan fingerprint density at radius 1 is 1.11 bits per heavy atom. The molecule has 0 atom stereocenters. The Labute approximate surface area is 166 Å². The zero-order chi connectivity index (χ0) is 19.4. The van der Waals surface area contributed by atoms with Crippen LogP contribution in [0.4, 0.5) is 5.82 Å². The Morgan fingerprint density at radius 3 is 2.52 bits per heavy atom. The molecule has 1 aromatic heterocycles. The van der Waals surface area contributed by atoms with Crippen LogP contribution in [-0.4, -0.2) is 29.9 Å². The van der Waals surface area contributed by atoms with Crippen LogP contribution < -0.4 is 14.8 Å². The summed E-state index contributed by atoms with van der Waals surface area (Å²) in [7, 11) is 3.03. The van der Waals surface area contributed by atoms with Crippen LogP contribution in [0.15, 0.2) is 48.7 Å². The summed E-state index contributed by atoms with van der Waals surface area (Å²) in [6.45, 7) is 0.499. The fraction of sp³-hybridized carbons (Fsp3) is 0.158. The largest absolute Gasteiger partial charge is 0.497 e. The van der Waals surface area contributed by atoms with Crippen molar-refractivity contribution in [1.82, 2.24) is 9.78 Å². The van der Waals surface area contributed by atoms with Gasteiger partial charge in [0.1, 0.15) is 16.5 Å². The number of hydrogen-bond donors (Lipinski definition) is 1. The van der Waals surface area contributed by atoms with Crippen molar-refractivity contribution < 1.29 is 14.3 Å². The molecule has 0 spiro atoms. The van der Waals surface area contributed by atoms with Gasteiger partial charge in [0.15, 0.2) is 5.82 Å². The van der Waals surface area contributed by atoms with Gasteiger partial charge in [0.2, 0.25) is 0 Å². The second-order valence-electron chi connectivity index (χ2n) is 5.67. The molecular weight excluding hydrogens is 389 g/mol.